The van der Waals surface area contributed by atoms with Crippen molar-refractivity contribution in [3.8, 4) is 0 Å². The van der Waals surface area contributed by atoms with Crippen molar-refractivity contribution >= 4 is 11.6 Å². The Labute approximate surface area is 158 Å². The van der Waals surface area contributed by atoms with Gasteiger partial charge in [-0.05, 0) is 37.7 Å². The Morgan fingerprint density at radius 3 is 2.74 bits per heavy atom. The predicted molar refractivity (Wildman–Crippen MR) is 103 cm³/mol. The van der Waals surface area contributed by atoms with E-state index in [1.54, 1.807) is 6.20 Å². The van der Waals surface area contributed by atoms with E-state index in [1.165, 1.54) is 30.4 Å². The quantitative estimate of drug-likeness (QED) is 0.680. The molecule has 2 heterocycles. The molecule has 2 aliphatic carbocycles. The number of rotatable bonds is 2. The second-order valence-corrected chi connectivity index (χ2v) is 8.08. The van der Waals surface area contributed by atoms with Crippen LogP contribution in [0.3, 0.4) is 0 Å². The lowest BCUT2D eigenvalue weighted by Gasteiger charge is -2.24. The van der Waals surface area contributed by atoms with E-state index in [0.717, 1.165) is 30.8 Å². The van der Waals surface area contributed by atoms with Crippen molar-refractivity contribution in [2.75, 3.05) is 0 Å². The number of hydrogen-bond acceptors (Lipinski definition) is 4. The average Bonchev–Trinajstić information content (AvgIpc) is 3.13. The van der Waals surface area contributed by atoms with Gasteiger partial charge in [-0.25, -0.2) is 9.50 Å². The van der Waals surface area contributed by atoms with Crippen LogP contribution in [0.25, 0.3) is 5.78 Å². The van der Waals surface area contributed by atoms with E-state index < -0.39 is 0 Å². The van der Waals surface area contributed by atoms with E-state index in [1.807, 2.05) is 4.52 Å². The Kier molecular flexibility index (Phi) is 4.03. The van der Waals surface area contributed by atoms with Gasteiger partial charge in [0.05, 0.1) is 11.3 Å². The molecule has 0 saturated heterocycles. The highest BCUT2D eigenvalue weighted by Crippen LogP contribution is 2.34. The van der Waals surface area contributed by atoms with Gasteiger partial charge in [-0.2, -0.15) is 4.98 Å². The lowest BCUT2D eigenvalue weighted by atomic mass is 9.82. The third kappa shape index (κ3) is 2.95. The molecule has 2 aliphatic rings. The topological polar surface area (TPSA) is 60.2 Å². The fourth-order valence-corrected chi connectivity index (χ4v) is 4.66. The van der Waals surface area contributed by atoms with E-state index in [0.29, 0.717) is 23.7 Å². The summed E-state index contributed by atoms with van der Waals surface area (Å²) in [7, 11) is 0. The Morgan fingerprint density at radius 2 is 1.93 bits per heavy atom. The van der Waals surface area contributed by atoms with Crippen LogP contribution in [0.15, 0.2) is 30.5 Å². The number of ketones is 1. The van der Waals surface area contributed by atoms with Crippen LogP contribution in [-0.2, 0) is 6.42 Å². The van der Waals surface area contributed by atoms with Crippen LogP contribution < -0.4 is 0 Å². The molecule has 1 unspecified atom stereocenters. The molecular weight excluding hydrogens is 336 g/mol. The van der Waals surface area contributed by atoms with Gasteiger partial charge < -0.3 is 0 Å². The second-order valence-electron chi connectivity index (χ2n) is 8.08. The maximum Gasteiger partial charge on any atom is 0.252 e. The van der Waals surface area contributed by atoms with Gasteiger partial charge in [0.15, 0.2) is 11.6 Å². The predicted octanol–water partition coefficient (Wildman–Crippen LogP) is 4.39. The van der Waals surface area contributed by atoms with Crippen LogP contribution in [0.2, 0.25) is 0 Å². The zero-order valence-electron chi connectivity index (χ0n) is 15.7. The number of carbonyl (C=O) groups is 1. The number of hydrogen-bond donors (Lipinski definition) is 0. The van der Waals surface area contributed by atoms with Crippen molar-refractivity contribution in [2.45, 2.75) is 63.7 Å². The molecule has 0 amide bonds. The minimum Gasteiger partial charge on any atom is -0.294 e. The first-order valence-electron chi connectivity index (χ1n) is 10.0. The fourth-order valence-electron chi connectivity index (χ4n) is 4.66. The summed E-state index contributed by atoms with van der Waals surface area (Å²) >= 11 is 0. The molecule has 0 radical (unpaired) electrons. The molecule has 1 aromatic carbocycles. The first kappa shape index (κ1) is 16.6. The van der Waals surface area contributed by atoms with Gasteiger partial charge in [-0.15, -0.1) is 5.10 Å². The van der Waals surface area contributed by atoms with Crippen LogP contribution in [-0.4, -0.2) is 25.4 Å². The van der Waals surface area contributed by atoms with Crippen LogP contribution in [0.1, 0.15) is 83.4 Å². The van der Waals surface area contributed by atoms with Crippen molar-refractivity contribution in [2.24, 2.45) is 0 Å². The highest BCUT2D eigenvalue weighted by atomic mass is 16.1. The molecule has 2 aromatic heterocycles. The monoisotopic (exact) mass is 360 g/mol. The van der Waals surface area contributed by atoms with Crippen LogP contribution >= 0.6 is 0 Å². The van der Waals surface area contributed by atoms with E-state index >= 15 is 0 Å². The van der Waals surface area contributed by atoms with Crippen LogP contribution in [0, 0.1) is 6.92 Å². The molecule has 5 rings (SSSR count). The minimum absolute atomic E-state index is 0.159. The molecule has 0 bridgehead atoms. The van der Waals surface area contributed by atoms with Gasteiger partial charge >= 0.3 is 0 Å². The molecule has 1 saturated carbocycles. The summed E-state index contributed by atoms with van der Waals surface area (Å²) < 4.78 is 1.85. The highest BCUT2D eigenvalue weighted by molar-refractivity contribution is 5.98. The number of aryl methyl sites for hydroxylation is 1. The molecule has 5 nitrogen and oxygen atoms in total. The van der Waals surface area contributed by atoms with Gasteiger partial charge in [-0.3, -0.25) is 4.79 Å². The Balaban J connectivity index is 1.56. The molecular formula is C22H24N4O. The number of benzene rings is 1. The Bertz CT molecular complexity index is 1020. The molecule has 0 spiro atoms. The largest absolute Gasteiger partial charge is 0.294 e. The van der Waals surface area contributed by atoms with Crippen LogP contribution in [0.5, 0.6) is 0 Å². The second kappa shape index (κ2) is 6.55. The average molecular weight is 360 g/mol. The molecule has 1 fully saturated rings. The lowest BCUT2D eigenvalue weighted by molar-refractivity contribution is 0.0962. The number of fused-ring (bicyclic) bond motifs is 3. The molecule has 0 N–H and O–H groups in total. The standard InChI is InChI=1S/C22H24N4O/c1-14-6-5-9-16(10-14)17-11-19-18(20(27)12-17)13-23-22-24-21(25-26(19)22)15-7-3-2-4-8-15/h5-6,9-10,13,15,17H,2-4,7-8,11-12H2,1H3. The smallest absolute Gasteiger partial charge is 0.252 e. The number of carbonyl (C=O) groups excluding carboxylic acids is 1. The summed E-state index contributed by atoms with van der Waals surface area (Å²) in [4.78, 5) is 22.0. The molecule has 3 aromatic rings. The van der Waals surface area contributed by atoms with Gasteiger partial charge in [0, 0.05) is 18.5 Å². The summed E-state index contributed by atoms with van der Waals surface area (Å²) in [6.45, 7) is 2.10. The fraction of sp³-hybridized carbons (Fsp3) is 0.455. The maximum absolute atomic E-state index is 12.8. The first-order chi connectivity index (χ1) is 13.2. The van der Waals surface area contributed by atoms with Gasteiger partial charge in [0.1, 0.15) is 0 Å². The van der Waals surface area contributed by atoms with E-state index in [2.05, 4.69) is 36.2 Å². The summed E-state index contributed by atoms with van der Waals surface area (Å²) in [6.07, 6.45) is 9.17. The Morgan fingerprint density at radius 1 is 1.07 bits per heavy atom. The summed E-state index contributed by atoms with van der Waals surface area (Å²) in [6, 6.07) is 8.49. The summed E-state index contributed by atoms with van der Waals surface area (Å²) in [5.41, 5.74) is 4.14. The summed E-state index contributed by atoms with van der Waals surface area (Å²) in [5, 5.41) is 4.82. The number of Topliss-reactive ketones (excluding diaryl/α,β-unsaturated/α-hetero) is 1. The molecule has 138 valence electrons. The SMILES string of the molecule is Cc1cccc(C2CC(=O)c3cnc4nc(C5CCCCC5)nn4c3C2)c1. The molecule has 1 atom stereocenters. The maximum atomic E-state index is 12.8. The zero-order valence-corrected chi connectivity index (χ0v) is 15.7. The minimum atomic E-state index is 0.159. The van der Waals surface area contributed by atoms with Crippen molar-refractivity contribution in [3.05, 3.63) is 58.7 Å². The highest BCUT2D eigenvalue weighted by Gasteiger charge is 2.30. The van der Waals surface area contributed by atoms with Gasteiger partial charge in [0.25, 0.3) is 5.78 Å². The molecule has 27 heavy (non-hydrogen) atoms. The molecule has 0 aliphatic heterocycles. The molecule has 5 heteroatoms. The first-order valence-corrected chi connectivity index (χ1v) is 10.0. The van der Waals surface area contributed by atoms with E-state index in [-0.39, 0.29) is 11.7 Å². The van der Waals surface area contributed by atoms with Crippen molar-refractivity contribution < 1.29 is 4.79 Å². The number of aromatic nitrogens is 4. The Hall–Kier alpha value is -2.56. The van der Waals surface area contributed by atoms with Crippen molar-refractivity contribution in [1.29, 1.82) is 0 Å². The third-order valence-electron chi connectivity index (χ3n) is 6.14. The van der Waals surface area contributed by atoms with E-state index in [4.69, 9.17) is 10.1 Å². The zero-order chi connectivity index (χ0) is 18.4. The van der Waals surface area contributed by atoms with Gasteiger partial charge in [0.2, 0.25) is 0 Å². The van der Waals surface area contributed by atoms with E-state index in [9.17, 15) is 4.79 Å². The van der Waals surface area contributed by atoms with Crippen LogP contribution in [0.4, 0.5) is 0 Å². The lowest BCUT2D eigenvalue weighted by Crippen LogP contribution is -2.22. The normalized spacial score (nSPS) is 20.8. The summed E-state index contributed by atoms with van der Waals surface area (Å²) in [5.74, 6) is 2.32. The van der Waals surface area contributed by atoms with Crippen molar-refractivity contribution in [1.82, 2.24) is 19.6 Å². The van der Waals surface area contributed by atoms with Crippen molar-refractivity contribution in [3.63, 3.8) is 0 Å². The van der Waals surface area contributed by atoms with Gasteiger partial charge in [-0.1, -0.05) is 49.1 Å². The number of nitrogens with zero attached hydrogens (tertiary/aromatic N) is 4. The third-order valence-corrected chi connectivity index (χ3v) is 6.14.